The van der Waals surface area contributed by atoms with Crippen LogP contribution in [-0.2, 0) is 0 Å². The second kappa shape index (κ2) is 2.46. The minimum atomic E-state index is -4.33. The zero-order valence-corrected chi connectivity index (χ0v) is 5.52. The van der Waals surface area contributed by atoms with Crippen molar-refractivity contribution in [2.24, 2.45) is 0 Å². The normalized spacial score (nSPS) is 18.0. The lowest BCUT2D eigenvalue weighted by atomic mass is 10.3. The van der Waals surface area contributed by atoms with Crippen molar-refractivity contribution in [3.63, 3.8) is 0 Å². The molecule has 5 heteroatoms. The predicted octanol–water partition coefficient (Wildman–Crippen LogP) is 1.62. The van der Waals surface area contributed by atoms with Crippen molar-refractivity contribution in [2.45, 2.75) is 12.7 Å². The SMILES string of the molecule is N#CC1=CN(C(F)(F)F)CC1. The zero-order valence-electron chi connectivity index (χ0n) is 5.52. The minimum Gasteiger partial charge on any atom is -0.289 e. The third-order valence-electron chi connectivity index (χ3n) is 1.40. The molecule has 0 aromatic rings. The lowest BCUT2D eigenvalue weighted by Gasteiger charge is -2.17. The van der Waals surface area contributed by atoms with Crippen LogP contribution in [0.5, 0.6) is 0 Å². The molecule has 0 radical (unpaired) electrons. The van der Waals surface area contributed by atoms with Gasteiger partial charge in [0, 0.05) is 24.7 Å². The van der Waals surface area contributed by atoms with Gasteiger partial charge in [-0.3, -0.25) is 4.90 Å². The predicted molar refractivity (Wildman–Crippen MR) is 31.1 cm³/mol. The smallest absolute Gasteiger partial charge is 0.289 e. The maximum atomic E-state index is 11.8. The zero-order chi connectivity index (χ0) is 8.48. The van der Waals surface area contributed by atoms with E-state index in [0.717, 1.165) is 6.20 Å². The molecular formula is C6H5F3N2. The highest BCUT2D eigenvalue weighted by atomic mass is 19.4. The lowest BCUT2D eigenvalue weighted by molar-refractivity contribution is -0.224. The van der Waals surface area contributed by atoms with Crippen molar-refractivity contribution < 1.29 is 13.2 Å². The first-order valence-corrected chi connectivity index (χ1v) is 2.98. The Labute approximate surface area is 61.5 Å². The van der Waals surface area contributed by atoms with Gasteiger partial charge in [-0.2, -0.15) is 18.4 Å². The Balaban J connectivity index is 2.69. The van der Waals surface area contributed by atoms with E-state index in [2.05, 4.69) is 0 Å². The molecule has 0 atom stereocenters. The summed E-state index contributed by atoms with van der Waals surface area (Å²) in [6.45, 7) is -0.133. The monoisotopic (exact) mass is 162 g/mol. The molecule has 0 fully saturated rings. The van der Waals surface area contributed by atoms with Crippen LogP contribution < -0.4 is 0 Å². The van der Waals surface area contributed by atoms with E-state index in [4.69, 9.17) is 5.26 Å². The van der Waals surface area contributed by atoms with Crippen LogP contribution in [0, 0.1) is 11.3 Å². The number of hydrogen-bond acceptors (Lipinski definition) is 2. The molecule has 0 saturated heterocycles. The van der Waals surface area contributed by atoms with Gasteiger partial charge in [0.2, 0.25) is 0 Å². The fourth-order valence-electron chi connectivity index (χ4n) is 0.843. The Morgan fingerprint density at radius 2 is 2.18 bits per heavy atom. The van der Waals surface area contributed by atoms with Crippen molar-refractivity contribution in [3.8, 4) is 6.07 Å². The second-order valence-electron chi connectivity index (χ2n) is 2.18. The maximum Gasteiger partial charge on any atom is 0.484 e. The fourth-order valence-corrected chi connectivity index (χ4v) is 0.843. The molecule has 60 valence electrons. The van der Waals surface area contributed by atoms with Crippen LogP contribution in [0.15, 0.2) is 11.8 Å². The number of rotatable bonds is 0. The minimum absolute atomic E-state index is 0.133. The highest BCUT2D eigenvalue weighted by molar-refractivity contribution is 5.23. The standard InChI is InChI=1S/C6H5F3N2/c7-6(8,9)11-2-1-5(3-10)4-11/h4H,1-2H2. The molecule has 0 amide bonds. The summed E-state index contributed by atoms with van der Waals surface area (Å²) in [4.78, 5) is 0.214. The summed E-state index contributed by atoms with van der Waals surface area (Å²) in [7, 11) is 0. The van der Waals surface area contributed by atoms with Crippen LogP contribution in [0.4, 0.5) is 13.2 Å². The largest absolute Gasteiger partial charge is 0.484 e. The van der Waals surface area contributed by atoms with Crippen LogP contribution in [0.25, 0.3) is 0 Å². The van der Waals surface area contributed by atoms with Crippen LogP contribution in [-0.4, -0.2) is 17.7 Å². The third kappa shape index (κ3) is 1.64. The average Bonchev–Trinajstić information content (AvgIpc) is 2.32. The van der Waals surface area contributed by atoms with E-state index in [1.165, 1.54) is 0 Å². The van der Waals surface area contributed by atoms with Gasteiger partial charge in [0.05, 0.1) is 6.07 Å². The van der Waals surface area contributed by atoms with Crippen molar-refractivity contribution >= 4 is 0 Å². The molecule has 0 saturated carbocycles. The van der Waals surface area contributed by atoms with Gasteiger partial charge < -0.3 is 0 Å². The van der Waals surface area contributed by atoms with Gasteiger partial charge in [0.15, 0.2) is 0 Å². The molecule has 1 heterocycles. The van der Waals surface area contributed by atoms with Gasteiger partial charge in [-0.25, -0.2) is 0 Å². The summed E-state index contributed by atoms with van der Waals surface area (Å²) in [5.41, 5.74) is 0.183. The lowest BCUT2D eigenvalue weighted by Crippen LogP contribution is -2.31. The van der Waals surface area contributed by atoms with Gasteiger partial charge in [-0.05, 0) is 0 Å². The Morgan fingerprint density at radius 1 is 1.55 bits per heavy atom. The van der Waals surface area contributed by atoms with E-state index in [0.29, 0.717) is 0 Å². The molecule has 0 unspecified atom stereocenters. The van der Waals surface area contributed by atoms with E-state index in [9.17, 15) is 13.2 Å². The quantitative estimate of drug-likeness (QED) is 0.506. The number of halogens is 3. The van der Waals surface area contributed by atoms with Crippen LogP contribution in [0.1, 0.15) is 6.42 Å². The summed E-state index contributed by atoms with van der Waals surface area (Å²) in [6, 6.07) is 1.69. The molecule has 0 aromatic heterocycles. The van der Waals surface area contributed by atoms with Gasteiger partial charge >= 0.3 is 6.30 Å². The molecule has 1 aliphatic rings. The Hall–Kier alpha value is -1.18. The summed E-state index contributed by atoms with van der Waals surface area (Å²) in [5, 5.41) is 8.24. The number of nitriles is 1. The molecule has 0 aromatic carbocycles. The molecule has 1 aliphatic heterocycles. The molecule has 11 heavy (non-hydrogen) atoms. The summed E-state index contributed by atoms with van der Waals surface area (Å²) in [5.74, 6) is 0. The van der Waals surface area contributed by atoms with Crippen LogP contribution in [0.3, 0.4) is 0 Å². The average molecular weight is 162 g/mol. The summed E-state index contributed by atoms with van der Waals surface area (Å²) in [6.07, 6.45) is -3.30. The molecular weight excluding hydrogens is 157 g/mol. The molecule has 0 aliphatic carbocycles. The first-order valence-electron chi connectivity index (χ1n) is 2.98. The van der Waals surface area contributed by atoms with Gasteiger partial charge in [-0.1, -0.05) is 0 Å². The first kappa shape index (κ1) is 7.92. The number of nitrogens with zero attached hydrogens (tertiary/aromatic N) is 2. The Bertz CT molecular complexity index is 223. The number of hydrogen-bond donors (Lipinski definition) is 0. The van der Waals surface area contributed by atoms with Crippen molar-refractivity contribution in [3.05, 3.63) is 11.8 Å². The molecule has 2 nitrogen and oxygen atoms in total. The van der Waals surface area contributed by atoms with E-state index < -0.39 is 6.30 Å². The molecule has 0 N–H and O–H groups in total. The first-order chi connectivity index (χ1) is 5.04. The van der Waals surface area contributed by atoms with Crippen LogP contribution in [0.2, 0.25) is 0 Å². The summed E-state index contributed by atoms with van der Waals surface area (Å²) < 4.78 is 35.5. The molecule has 0 spiro atoms. The van der Waals surface area contributed by atoms with Gasteiger partial charge in [-0.15, -0.1) is 0 Å². The maximum absolute atomic E-state index is 11.8. The fraction of sp³-hybridized carbons (Fsp3) is 0.500. The summed E-state index contributed by atoms with van der Waals surface area (Å²) >= 11 is 0. The van der Waals surface area contributed by atoms with E-state index in [1.54, 1.807) is 6.07 Å². The van der Waals surface area contributed by atoms with Crippen molar-refractivity contribution in [1.82, 2.24) is 4.90 Å². The van der Waals surface area contributed by atoms with E-state index in [-0.39, 0.29) is 23.4 Å². The van der Waals surface area contributed by atoms with E-state index in [1.807, 2.05) is 0 Å². The highest BCUT2D eigenvalue weighted by Gasteiger charge is 2.37. The Kier molecular flexibility index (Phi) is 1.77. The highest BCUT2D eigenvalue weighted by Crippen LogP contribution is 2.27. The topological polar surface area (TPSA) is 27.0 Å². The Morgan fingerprint density at radius 3 is 2.45 bits per heavy atom. The van der Waals surface area contributed by atoms with Gasteiger partial charge in [0.25, 0.3) is 0 Å². The van der Waals surface area contributed by atoms with Gasteiger partial charge in [0.1, 0.15) is 0 Å². The van der Waals surface area contributed by atoms with Crippen molar-refractivity contribution in [1.29, 1.82) is 5.26 Å². The van der Waals surface area contributed by atoms with E-state index >= 15 is 0 Å². The second-order valence-corrected chi connectivity index (χ2v) is 2.18. The van der Waals surface area contributed by atoms with Crippen LogP contribution >= 0.6 is 0 Å². The molecule has 0 bridgehead atoms. The number of alkyl halides is 3. The molecule has 1 rings (SSSR count). The third-order valence-corrected chi connectivity index (χ3v) is 1.40. The van der Waals surface area contributed by atoms with Crippen molar-refractivity contribution in [2.75, 3.05) is 6.54 Å².